The highest BCUT2D eigenvalue weighted by molar-refractivity contribution is 5.79. The number of primary amides is 1. The summed E-state index contributed by atoms with van der Waals surface area (Å²) in [6.45, 7) is 2.31. The highest BCUT2D eigenvalue weighted by Crippen LogP contribution is 2.18. The van der Waals surface area contributed by atoms with Crippen LogP contribution in [0.1, 0.15) is 12.5 Å². The molecule has 1 aromatic rings. The molecule has 0 bridgehead atoms. The quantitative estimate of drug-likeness (QED) is 0.744. The fourth-order valence-electron chi connectivity index (χ4n) is 1.42. The topological polar surface area (TPSA) is 64.3 Å². The van der Waals surface area contributed by atoms with Gasteiger partial charge < -0.3 is 15.8 Å². The number of benzene rings is 1. The van der Waals surface area contributed by atoms with Gasteiger partial charge in [-0.25, -0.2) is 0 Å². The predicted octanol–water partition coefficient (Wildman–Crippen LogP) is 0.701. The number of amides is 1. The Morgan fingerprint density at radius 2 is 2.19 bits per heavy atom. The lowest BCUT2D eigenvalue weighted by Gasteiger charge is -2.15. The van der Waals surface area contributed by atoms with E-state index in [1.807, 2.05) is 24.3 Å². The summed E-state index contributed by atoms with van der Waals surface area (Å²) in [5.74, 6) is 0.406. The van der Waals surface area contributed by atoms with Gasteiger partial charge in [-0.2, -0.15) is 0 Å². The third kappa shape index (κ3) is 3.24. The Hall–Kier alpha value is -1.55. The van der Waals surface area contributed by atoms with Crippen LogP contribution >= 0.6 is 0 Å². The second kappa shape index (κ2) is 6.12. The van der Waals surface area contributed by atoms with Gasteiger partial charge in [0.2, 0.25) is 5.91 Å². The van der Waals surface area contributed by atoms with E-state index in [0.717, 1.165) is 17.7 Å². The van der Waals surface area contributed by atoms with Crippen LogP contribution in [0, 0.1) is 0 Å². The van der Waals surface area contributed by atoms with Crippen molar-refractivity contribution in [2.24, 2.45) is 5.73 Å². The molecule has 0 aromatic heterocycles. The van der Waals surface area contributed by atoms with E-state index in [0.29, 0.717) is 0 Å². The molecule has 0 aliphatic carbocycles. The Labute approximate surface area is 95.8 Å². The molecule has 1 amide bonds. The van der Waals surface area contributed by atoms with E-state index in [2.05, 4.69) is 12.2 Å². The molecule has 0 saturated heterocycles. The number of likely N-dealkylation sites (N-methyl/N-ethyl adjacent to an activating group) is 1. The molecule has 1 unspecified atom stereocenters. The predicted molar refractivity (Wildman–Crippen MR) is 63.4 cm³/mol. The molecular weight excluding hydrogens is 204 g/mol. The lowest BCUT2D eigenvalue weighted by Crippen LogP contribution is -2.43. The number of rotatable bonds is 6. The summed E-state index contributed by atoms with van der Waals surface area (Å²) in [6, 6.07) is 7.33. The minimum atomic E-state index is -0.454. The molecule has 1 rings (SSSR count). The summed E-state index contributed by atoms with van der Waals surface area (Å²) in [5, 5.41) is 2.81. The fourth-order valence-corrected chi connectivity index (χ4v) is 1.42. The first-order valence-corrected chi connectivity index (χ1v) is 5.36. The summed E-state index contributed by atoms with van der Waals surface area (Å²) < 4.78 is 5.58. The summed E-state index contributed by atoms with van der Waals surface area (Å²) in [6.07, 6.45) is 0.900. The highest BCUT2D eigenvalue weighted by atomic mass is 16.5. The van der Waals surface area contributed by atoms with Gasteiger partial charge in [-0.15, -0.1) is 0 Å². The maximum atomic E-state index is 11.0. The standard InChI is InChI=1S/C12H18N2O2/c1-3-9-6-4-5-7-11(9)16-8-10(14-2)12(13)15/h4-7,10,14H,3,8H2,1-2H3,(H2,13,15). The van der Waals surface area contributed by atoms with Gasteiger partial charge in [-0.1, -0.05) is 25.1 Å². The largest absolute Gasteiger partial charge is 0.491 e. The van der Waals surface area contributed by atoms with Crippen LogP contribution in [0.25, 0.3) is 0 Å². The molecule has 4 heteroatoms. The van der Waals surface area contributed by atoms with Crippen LogP contribution in [0.15, 0.2) is 24.3 Å². The lowest BCUT2D eigenvalue weighted by molar-refractivity contribution is -0.120. The first-order valence-electron chi connectivity index (χ1n) is 5.36. The molecule has 88 valence electrons. The van der Waals surface area contributed by atoms with Crippen molar-refractivity contribution in [3.05, 3.63) is 29.8 Å². The third-order valence-electron chi connectivity index (χ3n) is 2.45. The maximum absolute atomic E-state index is 11.0. The van der Waals surface area contributed by atoms with Gasteiger partial charge in [0.05, 0.1) is 0 Å². The molecule has 1 atom stereocenters. The zero-order valence-corrected chi connectivity index (χ0v) is 9.69. The van der Waals surface area contributed by atoms with Gasteiger partial charge in [0, 0.05) is 0 Å². The number of hydrogen-bond donors (Lipinski definition) is 2. The van der Waals surface area contributed by atoms with Crippen LogP contribution in [0.5, 0.6) is 5.75 Å². The zero-order chi connectivity index (χ0) is 12.0. The van der Waals surface area contributed by atoms with Gasteiger partial charge in [-0.3, -0.25) is 4.79 Å². The minimum absolute atomic E-state index is 0.253. The van der Waals surface area contributed by atoms with Crippen molar-refractivity contribution in [2.45, 2.75) is 19.4 Å². The monoisotopic (exact) mass is 222 g/mol. The Morgan fingerprint density at radius 1 is 1.50 bits per heavy atom. The molecule has 0 saturated carbocycles. The minimum Gasteiger partial charge on any atom is -0.491 e. The van der Waals surface area contributed by atoms with Crippen molar-refractivity contribution in [3.8, 4) is 5.75 Å². The van der Waals surface area contributed by atoms with E-state index in [-0.39, 0.29) is 6.61 Å². The first kappa shape index (κ1) is 12.5. The van der Waals surface area contributed by atoms with E-state index in [1.165, 1.54) is 0 Å². The fraction of sp³-hybridized carbons (Fsp3) is 0.417. The summed E-state index contributed by atoms with van der Waals surface area (Å²) in [5.41, 5.74) is 6.33. The molecule has 16 heavy (non-hydrogen) atoms. The van der Waals surface area contributed by atoms with Crippen molar-refractivity contribution in [2.75, 3.05) is 13.7 Å². The number of carbonyl (C=O) groups excluding carboxylic acids is 1. The number of aryl methyl sites for hydroxylation is 1. The van der Waals surface area contributed by atoms with Crippen molar-refractivity contribution in [1.29, 1.82) is 0 Å². The van der Waals surface area contributed by atoms with E-state index < -0.39 is 11.9 Å². The number of nitrogens with one attached hydrogen (secondary N) is 1. The number of para-hydroxylation sites is 1. The second-order valence-corrected chi connectivity index (χ2v) is 3.52. The summed E-state index contributed by atoms with van der Waals surface area (Å²) >= 11 is 0. The van der Waals surface area contributed by atoms with Crippen molar-refractivity contribution < 1.29 is 9.53 Å². The van der Waals surface area contributed by atoms with Gasteiger partial charge in [0.15, 0.2) is 0 Å². The van der Waals surface area contributed by atoms with Crippen LogP contribution in [-0.4, -0.2) is 25.6 Å². The molecule has 0 aliphatic heterocycles. The second-order valence-electron chi connectivity index (χ2n) is 3.52. The average molecular weight is 222 g/mol. The van der Waals surface area contributed by atoms with E-state index >= 15 is 0 Å². The molecular formula is C12H18N2O2. The maximum Gasteiger partial charge on any atom is 0.238 e. The Morgan fingerprint density at radius 3 is 2.75 bits per heavy atom. The average Bonchev–Trinajstić information content (AvgIpc) is 2.30. The Balaban J connectivity index is 2.63. The lowest BCUT2D eigenvalue weighted by atomic mass is 10.1. The molecule has 0 fully saturated rings. The van der Waals surface area contributed by atoms with Gasteiger partial charge in [0.1, 0.15) is 18.4 Å². The SMILES string of the molecule is CCc1ccccc1OCC(NC)C(N)=O. The summed E-state index contributed by atoms with van der Waals surface area (Å²) in [7, 11) is 1.69. The molecule has 4 nitrogen and oxygen atoms in total. The van der Waals surface area contributed by atoms with Crippen molar-refractivity contribution in [1.82, 2.24) is 5.32 Å². The van der Waals surface area contributed by atoms with Crippen LogP contribution in [0.2, 0.25) is 0 Å². The van der Waals surface area contributed by atoms with Crippen molar-refractivity contribution >= 4 is 5.91 Å². The molecule has 0 radical (unpaired) electrons. The third-order valence-corrected chi connectivity index (χ3v) is 2.45. The van der Waals surface area contributed by atoms with Crippen molar-refractivity contribution in [3.63, 3.8) is 0 Å². The number of nitrogens with two attached hydrogens (primary N) is 1. The van der Waals surface area contributed by atoms with Crippen LogP contribution < -0.4 is 15.8 Å². The van der Waals surface area contributed by atoms with Crippen LogP contribution in [0.3, 0.4) is 0 Å². The van der Waals surface area contributed by atoms with Gasteiger partial charge in [-0.05, 0) is 25.1 Å². The van der Waals surface area contributed by atoms with Gasteiger partial charge in [0.25, 0.3) is 0 Å². The number of hydrogen-bond acceptors (Lipinski definition) is 3. The molecule has 0 spiro atoms. The van der Waals surface area contributed by atoms with E-state index in [1.54, 1.807) is 7.05 Å². The van der Waals surface area contributed by atoms with Gasteiger partial charge >= 0.3 is 0 Å². The molecule has 3 N–H and O–H groups in total. The highest BCUT2D eigenvalue weighted by Gasteiger charge is 2.13. The van der Waals surface area contributed by atoms with Crippen LogP contribution in [0.4, 0.5) is 0 Å². The smallest absolute Gasteiger partial charge is 0.238 e. The first-order chi connectivity index (χ1) is 7.69. The normalized spacial score (nSPS) is 12.1. The van der Waals surface area contributed by atoms with Crippen LogP contribution in [-0.2, 0) is 11.2 Å². The Bertz CT molecular complexity index is 353. The summed E-state index contributed by atoms with van der Waals surface area (Å²) in [4.78, 5) is 11.0. The molecule has 0 heterocycles. The van der Waals surface area contributed by atoms with E-state index in [9.17, 15) is 4.79 Å². The zero-order valence-electron chi connectivity index (χ0n) is 9.69. The van der Waals surface area contributed by atoms with E-state index in [4.69, 9.17) is 10.5 Å². The number of carbonyl (C=O) groups is 1. The number of ether oxygens (including phenoxy) is 1. The molecule has 0 aliphatic rings. The molecule has 1 aromatic carbocycles. The Kier molecular flexibility index (Phi) is 4.79.